The average Bonchev–Trinajstić information content (AvgIpc) is 2.26. The zero-order valence-electron chi connectivity index (χ0n) is 10.3. The van der Waals surface area contributed by atoms with E-state index in [0.29, 0.717) is 12.3 Å². The van der Waals surface area contributed by atoms with E-state index in [9.17, 15) is 4.79 Å². The van der Waals surface area contributed by atoms with Gasteiger partial charge in [-0.05, 0) is 25.7 Å². The molecule has 0 aromatic heterocycles. The van der Waals surface area contributed by atoms with Crippen molar-refractivity contribution >= 4 is 5.97 Å². The summed E-state index contributed by atoms with van der Waals surface area (Å²) in [6, 6.07) is 0. The summed E-state index contributed by atoms with van der Waals surface area (Å²) < 4.78 is 0. The molecule has 0 aromatic carbocycles. The minimum absolute atomic E-state index is 0.313. The van der Waals surface area contributed by atoms with E-state index >= 15 is 0 Å². The molecule has 0 bridgehead atoms. The van der Waals surface area contributed by atoms with Gasteiger partial charge in [0.15, 0.2) is 0 Å². The highest BCUT2D eigenvalue weighted by Gasteiger charge is 1.99. The maximum Gasteiger partial charge on any atom is 0.303 e. The first-order valence-electron chi connectivity index (χ1n) is 6.18. The van der Waals surface area contributed by atoms with Crippen molar-refractivity contribution in [2.75, 3.05) is 0 Å². The van der Waals surface area contributed by atoms with Gasteiger partial charge in [0.05, 0.1) is 0 Å². The second kappa shape index (κ2) is 10.5. The SMILES string of the molecule is C=CC(C=CC)CCCCCCCC(=O)O. The smallest absolute Gasteiger partial charge is 0.303 e. The van der Waals surface area contributed by atoms with Crippen LogP contribution in [0.15, 0.2) is 24.8 Å². The molecule has 92 valence electrons. The third kappa shape index (κ3) is 9.50. The fourth-order valence-electron chi connectivity index (χ4n) is 1.73. The molecule has 0 saturated carbocycles. The minimum atomic E-state index is -0.681. The molecule has 0 rings (SSSR count). The quantitative estimate of drug-likeness (QED) is 0.446. The summed E-state index contributed by atoms with van der Waals surface area (Å²) in [4.78, 5) is 10.3. The number of hydrogen-bond acceptors (Lipinski definition) is 1. The lowest BCUT2D eigenvalue weighted by Crippen LogP contribution is -1.94. The van der Waals surface area contributed by atoms with Crippen molar-refractivity contribution in [1.82, 2.24) is 0 Å². The van der Waals surface area contributed by atoms with Gasteiger partial charge in [0.2, 0.25) is 0 Å². The highest BCUT2D eigenvalue weighted by molar-refractivity contribution is 5.66. The van der Waals surface area contributed by atoms with Crippen molar-refractivity contribution in [3.8, 4) is 0 Å². The Morgan fingerprint density at radius 2 is 1.88 bits per heavy atom. The number of carboxylic acid groups (broad SMARTS) is 1. The lowest BCUT2D eigenvalue weighted by atomic mass is 10.00. The molecule has 0 radical (unpaired) electrons. The number of unbranched alkanes of at least 4 members (excludes halogenated alkanes) is 4. The first-order valence-corrected chi connectivity index (χ1v) is 6.18. The molecule has 0 heterocycles. The lowest BCUT2D eigenvalue weighted by Gasteiger charge is -2.06. The normalized spacial score (nSPS) is 12.8. The Bertz CT molecular complexity index is 219. The van der Waals surface area contributed by atoms with Crippen molar-refractivity contribution in [3.63, 3.8) is 0 Å². The summed E-state index contributed by atoms with van der Waals surface area (Å²) in [7, 11) is 0. The maximum absolute atomic E-state index is 10.3. The van der Waals surface area contributed by atoms with E-state index in [1.165, 1.54) is 12.8 Å². The molecule has 0 fully saturated rings. The van der Waals surface area contributed by atoms with E-state index in [2.05, 4.69) is 18.7 Å². The van der Waals surface area contributed by atoms with E-state index < -0.39 is 5.97 Å². The number of carboxylic acids is 1. The lowest BCUT2D eigenvalue weighted by molar-refractivity contribution is -0.137. The Hall–Kier alpha value is -1.05. The largest absolute Gasteiger partial charge is 0.481 e. The van der Waals surface area contributed by atoms with Gasteiger partial charge in [0.1, 0.15) is 0 Å². The van der Waals surface area contributed by atoms with Crippen LogP contribution in [0.2, 0.25) is 0 Å². The van der Waals surface area contributed by atoms with Gasteiger partial charge in [-0.25, -0.2) is 0 Å². The highest BCUT2D eigenvalue weighted by Crippen LogP contribution is 2.14. The molecule has 0 aliphatic carbocycles. The van der Waals surface area contributed by atoms with Gasteiger partial charge in [0, 0.05) is 6.42 Å². The summed E-state index contributed by atoms with van der Waals surface area (Å²) >= 11 is 0. The van der Waals surface area contributed by atoms with E-state index in [-0.39, 0.29) is 0 Å². The first kappa shape index (κ1) is 14.9. The van der Waals surface area contributed by atoms with Crippen molar-refractivity contribution < 1.29 is 9.90 Å². The van der Waals surface area contributed by atoms with Crippen LogP contribution in [0, 0.1) is 5.92 Å². The molecule has 2 nitrogen and oxygen atoms in total. The molecule has 0 aromatic rings. The molecule has 16 heavy (non-hydrogen) atoms. The fourth-order valence-corrected chi connectivity index (χ4v) is 1.73. The molecule has 1 atom stereocenters. The van der Waals surface area contributed by atoms with E-state index in [1.54, 1.807) is 0 Å². The van der Waals surface area contributed by atoms with Gasteiger partial charge in [0.25, 0.3) is 0 Å². The number of allylic oxidation sites excluding steroid dienone is 3. The van der Waals surface area contributed by atoms with E-state index in [4.69, 9.17) is 5.11 Å². The second-order valence-corrected chi connectivity index (χ2v) is 4.13. The summed E-state index contributed by atoms with van der Waals surface area (Å²) in [5, 5.41) is 8.46. The summed E-state index contributed by atoms with van der Waals surface area (Å²) in [5.74, 6) is -0.177. The molecule has 2 heteroatoms. The number of rotatable bonds is 10. The molecule has 0 aliphatic rings. The van der Waals surface area contributed by atoms with Crippen LogP contribution in [0.3, 0.4) is 0 Å². The standard InChI is InChI=1S/C14H24O2/c1-3-10-13(4-2)11-8-6-5-7-9-12-14(15)16/h3-4,10,13H,2,5-9,11-12H2,1H3,(H,15,16). The Morgan fingerprint density at radius 3 is 2.44 bits per heavy atom. The van der Waals surface area contributed by atoms with Crippen LogP contribution in [0.5, 0.6) is 0 Å². The van der Waals surface area contributed by atoms with E-state index in [0.717, 1.165) is 25.7 Å². The molecule has 0 amide bonds. The molecular formula is C14H24O2. The van der Waals surface area contributed by atoms with Crippen LogP contribution >= 0.6 is 0 Å². The van der Waals surface area contributed by atoms with Gasteiger partial charge in [-0.2, -0.15) is 0 Å². The third-order valence-electron chi connectivity index (χ3n) is 2.67. The summed E-state index contributed by atoms with van der Waals surface area (Å²) in [6.07, 6.45) is 13.1. The maximum atomic E-state index is 10.3. The van der Waals surface area contributed by atoms with Crippen LogP contribution in [0.1, 0.15) is 51.9 Å². The van der Waals surface area contributed by atoms with Crippen molar-refractivity contribution in [2.45, 2.75) is 51.9 Å². The Morgan fingerprint density at radius 1 is 1.25 bits per heavy atom. The molecule has 0 saturated heterocycles. The van der Waals surface area contributed by atoms with E-state index in [1.807, 2.05) is 13.0 Å². The average molecular weight is 224 g/mol. The topological polar surface area (TPSA) is 37.3 Å². The predicted octanol–water partition coefficient (Wildman–Crippen LogP) is 4.18. The third-order valence-corrected chi connectivity index (χ3v) is 2.67. The van der Waals surface area contributed by atoms with Gasteiger partial charge in [-0.3, -0.25) is 4.79 Å². The molecule has 0 spiro atoms. The minimum Gasteiger partial charge on any atom is -0.481 e. The van der Waals surface area contributed by atoms with Crippen LogP contribution in [0.25, 0.3) is 0 Å². The van der Waals surface area contributed by atoms with Gasteiger partial charge in [-0.1, -0.05) is 43.9 Å². The Kier molecular flexibility index (Phi) is 9.78. The second-order valence-electron chi connectivity index (χ2n) is 4.13. The highest BCUT2D eigenvalue weighted by atomic mass is 16.4. The predicted molar refractivity (Wildman–Crippen MR) is 68.5 cm³/mol. The molecule has 0 aliphatic heterocycles. The number of aliphatic carboxylic acids is 1. The summed E-state index contributed by atoms with van der Waals surface area (Å²) in [5.41, 5.74) is 0. The number of hydrogen-bond donors (Lipinski definition) is 1. The zero-order valence-corrected chi connectivity index (χ0v) is 10.3. The fraction of sp³-hybridized carbons (Fsp3) is 0.643. The van der Waals surface area contributed by atoms with Gasteiger partial charge in [-0.15, -0.1) is 6.58 Å². The monoisotopic (exact) mass is 224 g/mol. The number of carbonyl (C=O) groups is 1. The molecule has 1 unspecified atom stereocenters. The van der Waals surface area contributed by atoms with Crippen molar-refractivity contribution in [2.24, 2.45) is 5.92 Å². The van der Waals surface area contributed by atoms with Crippen LogP contribution in [-0.4, -0.2) is 11.1 Å². The van der Waals surface area contributed by atoms with Crippen molar-refractivity contribution in [1.29, 1.82) is 0 Å². The molecule has 1 N–H and O–H groups in total. The summed E-state index contributed by atoms with van der Waals surface area (Å²) in [6.45, 7) is 5.84. The van der Waals surface area contributed by atoms with Crippen LogP contribution in [0.4, 0.5) is 0 Å². The molecular weight excluding hydrogens is 200 g/mol. The Labute approximate surface area is 99.1 Å². The van der Waals surface area contributed by atoms with Gasteiger partial charge < -0.3 is 5.11 Å². The Balaban J connectivity index is 3.32. The van der Waals surface area contributed by atoms with Gasteiger partial charge >= 0.3 is 5.97 Å². The van der Waals surface area contributed by atoms with Crippen LogP contribution < -0.4 is 0 Å². The van der Waals surface area contributed by atoms with Crippen molar-refractivity contribution in [3.05, 3.63) is 24.8 Å². The first-order chi connectivity index (χ1) is 7.70. The van der Waals surface area contributed by atoms with Crippen LogP contribution in [-0.2, 0) is 4.79 Å². The zero-order chi connectivity index (χ0) is 12.2.